The van der Waals surface area contributed by atoms with E-state index in [1.165, 1.54) is 17.6 Å². The summed E-state index contributed by atoms with van der Waals surface area (Å²) < 4.78 is 0. The monoisotopic (exact) mass is 300 g/mol. The van der Waals surface area contributed by atoms with Crippen LogP contribution in [0.3, 0.4) is 0 Å². The number of aromatic nitrogens is 3. The number of hydrogen-bond acceptors (Lipinski definition) is 4. The molecule has 1 saturated heterocycles. The first-order valence-corrected chi connectivity index (χ1v) is 7.68. The van der Waals surface area contributed by atoms with E-state index in [1.807, 2.05) is 36.1 Å². The molecule has 0 atom stereocenters. The number of hydrogen-bond donors (Lipinski definition) is 1. The number of benzene rings is 1. The van der Waals surface area contributed by atoms with Gasteiger partial charge in [-0.25, -0.2) is 4.79 Å². The van der Waals surface area contributed by atoms with Crippen molar-refractivity contribution < 1.29 is 9.90 Å². The molecule has 1 N–H and O–H groups in total. The zero-order chi connectivity index (χ0) is 15.5. The predicted molar refractivity (Wildman–Crippen MR) is 83.7 cm³/mol. The third-order valence-corrected chi connectivity index (χ3v) is 3.97. The summed E-state index contributed by atoms with van der Waals surface area (Å²) in [6, 6.07) is 7.72. The van der Waals surface area contributed by atoms with E-state index in [-0.39, 0.29) is 5.69 Å². The summed E-state index contributed by atoms with van der Waals surface area (Å²) in [5, 5.41) is 18.1. The molecular weight excluding hydrogens is 280 g/mol. The van der Waals surface area contributed by atoms with E-state index >= 15 is 0 Å². The van der Waals surface area contributed by atoms with E-state index in [4.69, 9.17) is 0 Å². The highest BCUT2D eigenvalue weighted by Crippen LogP contribution is 2.22. The van der Waals surface area contributed by atoms with Crippen molar-refractivity contribution in [2.45, 2.75) is 32.6 Å². The molecule has 1 aliphatic heterocycles. The molecule has 1 aromatic carbocycles. The molecule has 2 heterocycles. The maximum absolute atomic E-state index is 11.5. The summed E-state index contributed by atoms with van der Waals surface area (Å²) in [5.74, 6) is -0.549. The number of aryl methyl sites for hydroxylation is 1. The zero-order valence-electron chi connectivity index (χ0n) is 12.7. The van der Waals surface area contributed by atoms with Gasteiger partial charge in [-0.1, -0.05) is 30.5 Å². The Morgan fingerprint density at radius 1 is 1.05 bits per heavy atom. The minimum Gasteiger partial charge on any atom is -0.476 e. The van der Waals surface area contributed by atoms with Crippen LogP contribution >= 0.6 is 0 Å². The Morgan fingerprint density at radius 3 is 2.27 bits per heavy atom. The molecule has 1 aromatic heterocycles. The number of anilines is 1. The third kappa shape index (κ3) is 2.95. The quantitative estimate of drug-likeness (QED) is 0.943. The van der Waals surface area contributed by atoms with Crippen LogP contribution in [0.15, 0.2) is 24.3 Å². The average Bonchev–Trinajstić information content (AvgIpc) is 2.77. The van der Waals surface area contributed by atoms with Crippen molar-refractivity contribution in [3.8, 4) is 5.69 Å². The van der Waals surface area contributed by atoms with Crippen molar-refractivity contribution in [2.75, 3.05) is 18.0 Å². The summed E-state index contributed by atoms with van der Waals surface area (Å²) >= 11 is 0. The van der Waals surface area contributed by atoms with Gasteiger partial charge in [0.1, 0.15) is 0 Å². The van der Waals surface area contributed by atoms with Gasteiger partial charge in [0.05, 0.1) is 5.69 Å². The van der Waals surface area contributed by atoms with Gasteiger partial charge in [-0.05, 0) is 31.9 Å². The van der Waals surface area contributed by atoms with Crippen LogP contribution in [0.5, 0.6) is 0 Å². The lowest BCUT2D eigenvalue weighted by Gasteiger charge is -2.19. The molecule has 3 rings (SSSR count). The van der Waals surface area contributed by atoms with Gasteiger partial charge in [0.25, 0.3) is 0 Å². The maximum Gasteiger partial charge on any atom is 0.360 e. The first kappa shape index (κ1) is 14.6. The van der Waals surface area contributed by atoms with Crippen molar-refractivity contribution in [3.05, 3.63) is 35.5 Å². The number of aromatic carboxylic acids is 1. The average molecular weight is 300 g/mol. The van der Waals surface area contributed by atoms with Crippen LogP contribution in [-0.2, 0) is 0 Å². The van der Waals surface area contributed by atoms with E-state index in [2.05, 4.69) is 10.2 Å². The topological polar surface area (TPSA) is 71.2 Å². The van der Waals surface area contributed by atoms with Crippen LogP contribution in [0.25, 0.3) is 5.69 Å². The zero-order valence-corrected chi connectivity index (χ0v) is 12.7. The molecule has 1 fully saturated rings. The second-order valence-electron chi connectivity index (χ2n) is 5.70. The van der Waals surface area contributed by atoms with Crippen LogP contribution in [0.1, 0.15) is 41.7 Å². The predicted octanol–water partition coefficient (Wildman–Crippen LogP) is 2.65. The molecule has 0 spiro atoms. The SMILES string of the molecule is Cc1ccc(-n2nc(C(=O)O)c(N3CCCCCC3)n2)cc1. The van der Waals surface area contributed by atoms with Gasteiger partial charge in [0, 0.05) is 13.1 Å². The highest BCUT2D eigenvalue weighted by atomic mass is 16.4. The van der Waals surface area contributed by atoms with Crippen LogP contribution in [0.2, 0.25) is 0 Å². The van der Waals surface area contributed by atoms with Gasteiger partial charge in [0.2, 0.25) is 5.69 Å². The second kappa shape index (κ2) is 6.17. The minimum absolute atomic E-state index is 0.0301. The smallest absolute Gasteiger partial charge is 0.360 e. The summed E-state index contributed by atoms with van der Waals surface area (Å²) in [4.78, 5) is 15.0. The molecule has 0 bridgehead atoms. The van der Waals surface area contributed by atoms with E-state index in [9.17, 15) is 9.90 Å². The summed E-state index contributed by atoms with van der Waals surface area (Å²) in [6.45, 7) is 3.69. The largest absolute Gasteiger partial charge is 0.476 e. The van der Waals surface area contributed by atoms with Gasteiger partial charge < -0.3 is 10.0 Å². The van der Waals surface area contributed by atoms with Gasteiger partial charge in [0.15, 0.2) is 5.82 Å². The van der Waals surface area contributed by atoms with Gasteiger partial charge in [-0.3, -0.25) is 0 Å². The minimum atomic E-state index is -1.03. The lowest BCUT2D eigenvalue weighted by molar-refractivity contribution is 0.0690. The number of nitrogens with zero attached hydrogens (tertiary/aromatic N) is 4. The van der Waals surface area contributed by atoms with Crippen molar-refractivity contribution in [2.24, 2.45) is 0 Å². The van der Waals surface area contributed by atoms with Crippen LogP contribution < -0.4 is 4.90 Å². The second-order valence-corrected chi connectivity index (χ2v) is 5.70. The molecule has 0 saturated carbocycles. The Hall–Kier alpha value is -2.37. The van der Waals surface area contributed by atoms with Crippen molar-refractivity contribution >= 4 is 11.8 Å². The highest BCUT2D eigenvalue weighted by molar-refractivity contribution is 5.91. The van der Waals surface area contributed by atoms with E-state index in [0.29, 0.717) is 5.82 Å². The van der Waals surface area contributed by atoms with Gasteiger partial charge in [-0.2, -0.15) is 0 Å². The normalized spacial score (nSPS) is 15.6. The summed E-state index contributed by atoms with van der Waals surface area (Å²) in [6.07, 6.45) is 4.50. The van der Waals surface area contributed by atoms with E-state index in [0.717, 1.165) is 37.2 Å². The molecule has 0 unspecified atom stereocenters. The standard InChI is InChI=1S/C16H20N4O2/c1-12-6-8-13(9-7-12)20-17-14(16(21)22)15(18-20)19-10-4-2-3-5-11-19/h6-9H,2-5,10-11H2,1H3,(H,21,22). The van der Waals surface area contributed by atoms with E-state index in [1.54, 1.807) is 0 Å². The molecule has 1 aliphatic rings. The van der Waals surface area contributed by atoms with Gasteiger partial charge >= 0.3 is 5.97 Å². The summed E-state index contributed by atoms with van der Waals surface area (Å²) in [7, 11) is 0. The number of carboxylic acid groups (broad SMARTS) is 1. The molecule has 0 radical (unpaired) electrons. The van der Waals surface area contributed by atoms with E-state index < -0.39 is 5.97 Å². The molecule has 22 heavy (non-hydrogen) atoms. The Bertz CT molecular complexity index is 655. The lowest BCUT2D eigenvalue weighted by atomic mass is 10.2. The summed E-state index contributed by atoms with van der Waals surface area (Å²) in [5.41, 5.74) is 1.94. The van der Waals surface area contributed by atoms with Crippen molar-refractivity contribution in [1.82, 2.24) is 15.0 Å². The number of carbonyl (C=O) groups is 1. The number of carboxylic acids is 1. The fraction of sp³-hybridized carbons (Fsp3) is 0.438. The molecule has 2 aromatic rings. The van der Waals surface area contributed by atoms with Crippen LogP contribution in [0, 0.1) is 6.92 Å². The Kier molecular flexibility index (Phi) is 4.09. The molecule has 6 nitrogen and oxygen atoms in total. The van der Waals surface area contributed by atoms with Crippen molar-refractivity contribution in [1.29, 1.82) is 0 Å². The molecule has 116 valence electrons. The Balaban J connectivity index is 1.98. The molecule has 0 amide bonds. The lowest BCUT2D eigenvalue weighted by Crippen LogP contribution is -2.26. The maximum atomic E-state index is 11.5. The molecular formula is C16H20N4O2. The van der Waals surface area contributed by atoms with Crippen LogP contribution in [0.4, 0.5) is 5.82 Å². The Morgan fingerprint density at radius 2 is 1.68 bits per heavy atom. The van der Waals surface area contributed by atoms with Crippen molar-refractivity contribution in [3.63, 3.8) is 0 Å². The fourth-order valence-corrected chi connectivity index (χ4v) is 2.73. The van der Waals surface area contributed by atoms with Crippen LogP contribution in [-0.4, -0.2) is 39.2 Å². The number of rotatable bonds is 3. The third-order valence-electron chi connectivity index (χ3n) is 3.97. The first-order chi connectivity index (χ1) is 10.6. The molecule has 0 aliphatic carbocycles. The fourth-order valence-electron chi connectivity index (χ4n) is 2.73. The van der Waals surface area contributed by atoms with Gasteiger partial charge in [-0.15, -0.1) is 15.0 Å². The highest BCUT2D eigenvalue weighted by Gasteiger charge is 2.24. The molecule has 6 heteroatoms. The first-order valence-electron chi connectivity index (χ1n) is 7.68. The Labute approximate surface area is 129 Å².